The molecular weight excluding hydrogens is 216 g/mol. The fourth-order valence-electron chi connectivity index (χ4n) is 3.33. The highest BCUT2D eigenvalue weighted by Crippen LogP contribution is 2.46. The minimum Gasteiger partial charge on any atom is -0.466 e. The van der Waals surface area contributed by atoms with Gasteiger partial charge in [0.05, 0.1) is 24.5 Å². The molecule has 2 fully saturated rings. The molecule has 2 rings (SSSR count). The van der Waals surface area contributed by atoms with E-state index in [0.717, 1.165) is 25.7 Å². The number of fused-ring (bicyclic) bond motifs is 2. The van der Waals surface area contributed by atoms with Gasteiger partial charge in [0, 0.05) is 12.1 Å². The molecule has 4 heteroatoms. The van der Waals surface area contributed by atoms with Gasteiger partial charge in [0.1, 0.15) is 0 Å². The molecule has 0 amide bonds. The molecule has 2 atom stereocenters. The Bertz CT molecular complexity index is 334. The van der Waals surface area contributed by atoms with E-state index in [0.29, 0.717) is 18.7 Å². The van der Waals surface area contributed by atoms with Crippen molar-refractivity contribution in [2.24, 2.45) is 5.41 Å². The smallest absolute Gasteiger partial charge is 0.307 e. The van der Waals surface area contributed by atoms with Crippen LogP contribution >= 0.6 is 0 Å². The monoisotopic (exact) mass is 236 g/mol. The number of carbonyl (C=O) groups excluding carboxylic acids is 1. The van der Waals surface area contributed by atoms with Gasteiger partial charge < -0.3 is 9.64 Å². The van der Waals surface area contributed by atoms with Crippen LogP contribution in [-0.4, -0.2) is 36.6 Å². The van der Waals surface area contributed by atoms with Crippen LogP contribution in [0.25, 0.3) is 0 Å². The Hall–Kier alpha value is -1.08. The van der Waals surface area contributed by atoms with Crippen LogP contribution in [0.15, 0.2) is 0 Å². The van der Waals surface area contributed by atoms with Crippen LogP contribution in [-0.2, 0) is 9.53 Å². The summed E-state index contributed by atoms with van der Waals surface area (Å²) in [5.74, 6) is -0.224. The summed E-state index contributed by atoms with van der Waals surface area (Å²) in [6.45, 7) is 2.20. The summed E-state index contributed by atoms with van der Waals surface area (Å²) in [6.07, 6.45) is 4.21. The van der Waals surface area contributed by atoms with Crippen molar-refractivity contribution in [2.75, 3.05) is 13.7 Å². The minimum atomic E-state index is -0.482. The molecule has 2 bridgehead atoms. The highest BCUT2D eigenvalue weighted by atomic mass is 16.5. The van der Waals surface area contributed by atoms with Crippen molar-refractivity contribution in [3.05, 3.63) is 0 Å². The van der Waals surface area contributed by atoms with Gasteiger partial charge in [-0.1, -0.05) is 0 Å². The molecule has 0 saturated carbocycles. The quantitative estimate of drug-likeness (QED) is 0.700. The predicted molar refractivity (Wildman–Crippen MR) is 63.1 cm³/mol. The molecule has 2 aliphatic rings. The normalized spacial score (nSPS) is 36.5. The third kappa shape index (κ3) is 2.30. The van der Waals surface area contributed by atoms with Gasteiger partial charge >= 0.3 is 5.97 Å². The second-order valence-electron chi connectivity index (χ2n) is 5.33. The molecule has 4 nitrogen and oxygen atoms in total. The minimum absolute atomic E-state index is 0.224. The predicted octanol–water partition coefficient (Wildman–Crippen LogP) is 1.71. The summed E-state index contributed by atoms with van der Waals surface area (Å²) in [5.41, 5.74) is -0.482. The number of nitrogens with zero attached hydrogens (tertiary/aromatic N) is 2. The Morgan fingerprint density at radius 3 is 2.53 bits per heavy atom. The first-order valence-electron chi connectivity index (χ1n) is 6.39. The van der Waals surface area contributed by atoms with Crippen LogP contribution in [0, 0.1) is 16.7 Å². The second-order valence-corrected chi connectivity index (χ2v) is 5.33. The average molecular weight is 236 g/mol. The SMILES string of the molecule is CCOC(=O)CC1(C#N)CC2CCC(C1)N2C. The molecule has 0 aliphatic carbocycles. The maximum Gasteiger partial charge on any atom is 0.307 e. The van der Waals surface area contributed by atoms with Gasteiger partial charge in [0.2, 0.25) is 0 Å². The van der Waals surface area contributed by atoms with Gasteiger partial charge in [-0.15, -0.1) is 0 Å². The molecule has 0 radical (unpaired) electrons. The van der Waals surface area contributed by atoms with Crippen LogP contribution in [0.3, 0.4) is 0 Å². The molecule has 2 heterocycles. The summed E-state index contributed by atoms with van der Waals surface area (Å²) >= 11 is 0. The topological polar surface area (TPSA) is 53.3 Å². The van der Waals surface area contributed by atoms with Crippen molar-refractivity contribution in [3.63, 3.8) is 0 Å². The Morgan fingerprint density at radius 2 is 2.06 bits per heavy atom. The van der Waals surface area contributed by atoms with Crippen LogP contribution in [0.2, 0.25) is 0 Å². The number of nitriles is 1. The van der Waals surface area contributed by atoms with Crippen molar-refractivity contribution >= 4 is 5.97 Å². The number of hydrogen-bond acceptors (Lipinski definition) is 4. The van der Waals surface area contributed by atoms with E-state index in [9.17, 15) is 10.1 Å². The molecule has 2 unspecified atom stereocenters. The van der Waals surface area contributed by atoms with E-state index in [2.05, 4.69) is 18.0 Å². The lowest BCUT2D eigenvalue weighted by atomic mass is 9.74. The van der Waals surface area contributed by atoms with Crippen molar-refractivity contribution in [1.29, 1.82) is 5.26 Å². The van der Waals surface area contributed by atoms with E-state index in [1.807, 2.05) is 0 Å². The third-order valence-corrected chi connectivity index (χ3v) is 4.26. The van der Waals surface area contributed by atoms with Crippen molar-refractivity contribution in [2.45, 2.75) is 51.1 Å². The number of carbonyl (C=O) groups is 1. The second kappa shape index (κ2) is 4.66. The fourth-order valence-corrected chi connectivity index (χ4v) is 3.33. The Morgan fingerprint density at radius 1 is 1.47 bits per heavy atom. The molecule has 0 aromatic carbocycles. The number of esters is 1. The third-order valence-electron chi connectivity index (χ3n) is 4.26. The first-order valence-corrected chi connectivity index (χ1v) is 6.39. The first kappa shape index (κ1) is 12.4. The zero-order valence-corrected chi connectivity index (χ0v) is 10.6. The highest BCUT2D eigenvalue weighted by molar-refractivity contribution is 5.71. The largest absolute Gasteiger partial charge is 0.466 e. The van der Waals surface area contributed by atoms with Crippen molar-refractivity contribution in [1.82, 2.24) is 4.90 Å². The van der Waals surface area contributed by atoms with E-state index < -0.39 is 5.41 Å². The summed E-state index contributed by atoms with van der Waals surface area (Å²) in [7, 11) is 2.13. The van der Waals surface area contributed by atoms with Crippen molar-refractivity contribution < 1.29 is 9.53 Å². The Kier molecular flexibility index (Phi) is 3.39. The van der Waals surface area contributed by atoms with Crippen LogP contribution in [0.1, 0.15) is 39.0 Å². The van der Waals surface area contributed by atoms with E-state index in [4.69, 9.17) is 4.74 Å². The van der Waals surface area contributed by atoms with E-state index in [1.165, 1.54) is 0 Å². The average Bonchev–Trinajstić information content (AvgIpc) is 2.53. The molecule has 0 aromatic rings. The molecule has 0 N–H and O–H groups in total. The maximum atomic E-state index is 11.6. The van der Waals surface area contributed by atoms with Crippen LogP contribution in [0.5, 0.6) is 0 Å². The van der Waals surface area contributed by atoms with Crippen LogP contribution < -0.4 is 0 Å². The van der Waals surface area contributed by atoms with Gasteiger partial charge in [-0.2, -0.15) is 5.26 Å². The molecule has 0 aromatic heterocycles. The summed E-state index contributed by atoms with van der Waals surface area (Å²) in [4.78, 5) is 14.0. The lowest BCUT2D eigenvalue weighted by molar-refractivity contribution is -0.146. The number of piperidine rings is 1. The fraction of sp³-hybridized carbons (Fsp3) is 0.846. The molecule has 0 spiro atoms. The molecule has 94 valence electrons. The zero-order valence-electron chi connectivity index (χ0n) is 10.6. The highest BCUT2D eigenvalue weighted by Gasteiger charge is 2.48. The zero-order chi connectivity index (χ0) is 12.5. The van der Waals surface area contributed by atoms with E-state index in [-0.39, 0.29) is 12.4 Å². The standard InChI is InChI=1S/C13H20N2O2/c1-3-17-12(16)8-13(9-14)6-10-4-5-11(7-13)15(10)2/h10-11H,3-8H2,1-2H3. The molecular formula is C13H20N2O2. The first-order chi connectivity index (χ1) is 8.10. The van der Waals surface area contributed by atoms with Gasteiger partial charge in [0.25, 0.3) is 0 Å². The van der Waals surface area contributed by atoms with E-state index >= 15 is 0 Å². The number of ether oxygens (including phenoxy) is 1. The van der Waals surface area contributed by atoms with Crippen molar-refractivity contribution in [3.8, 4) is 6.07 Å². The Labute approximate surface area is 103 Å². The Balaban J connectivity index is 2.07. The maximum absolute atomic E-state index is 11.6. The van der Waals surface area contributed by atoms with Gasteiger partial charge in [-0.05, 0) is 39.7 Å². The molecule has 2 aliphatic heterocycles. The lowest BCUT2D eigenvalue weighted by Gasteiger charge is -2.40. The summed E-state index contributed by atoms with van der Waals surface area (Å²) < 4.78 is 4.99. The van der Waals surface area contributed by atoms with Gasteiger partial charge in [-0.3, -0.25) is 4.79 Å². The summed E-state index contributed by atoms with van der Waals surface area (Å²) in [6, 6.07) is 3.35. The molecule has 17 heavy (non-hydrogen) atoms. The van der Waals surface area contributed by atoms with Gasteiger partial charge in [-0.25, -0.2) is 0 Å². The van der Waals surface area contributed by atoms with Crippen LogP contribution in [0.4, 0.5) is 0 Å². The van der Waals surface area contributed by atoms with E-state index in [1.54, 1.807) is 6.92 Å². The number of rotatable bonds is 3. The molecule has 2 saturated heterocycles. The number of hydrogen-bond donors (Lipinski definition) is 0. The van der Waals surface area contributed by atoms with Gasteiger partial charge in [0.15, 0.2) is 0 Å². The summed E-state index contributed by atoms with van der Waals surface area (Å²) in [5, 5.41) is 9.43. The lowest BCUT2D eigenvalue weighted by Crippen LogP contribution is -2.45.